The molecule has 0 saturated heterocycles. The number of halogens is 1. The van der Waals surface area contributed by atoms with Crippen molar-refractivity contribution in [3.8, 4) is 0 Å². The van der Waals surface area contributed by atoms with Crippen molar-refractivity contribution in [1.82, 2.24) is 4.90 Å². The van der Waals surface area contributed by atoms with Gasteiger partial charge >= 0.3 is 0 Å². The van der Waals surface area contributed by atoms with Crippen molar-refractivity contribution >= 4 is 23.5 Å². The van der Waals surface area contributed by atoms with Gasteiger partial charge in [-0.1, -0.05) is 12.2 Å². The van der Waals surface area contributed by atoms with E-state index in [4.69, 9.17) is 16.3 Å². The van der Waals surface area contributed by atoms with Crippen LogP contribution in [-0.2, 0) is 9.53 Å². The van der Waals surface area contributed by atoms with Gasteiger partial charge in [-0.05, 0) is 0 Å². The Morgan fingerprint density at radius 2 is 2.00 bits per heavy atom. The van der Waals surface area contributed by atoms with Crippen molar-refractivity contribution < 1.29 is 9.53 Å². The molecule has 0 aliphatic rings. The van der Waals surface area contributed by atoms with E-state index in [0.717, 1.165) is 0 Å². The van der Waals surface area contributed by atoms with Gasteiger partial charge in [0.05, 0.1) is 7.11 Å². The van der Waals surface area contributed by atoms with Crippen LogP contribution in [0.2, 0.25) is 0 Å². The molecular formula is C10H15ClN2O2. The van der Waals surface area contributed by atoms with Gasteiger partial charge in [0.25, 0.3) is 11.9 Å². The summed E-state index contributed by atoms with van der Waals surface area (Å²) >= 11 is 5.34. The van der Waals surface area contributed by atoms with E-state index in [2.05, 4.69) is 18.2 Å². The van der Waals surface area contributed by atoms with Crippen LogP contribution in [0.4, 0.5) is 0 Å². The SMILES string of the molecule is C=CCN(CC=C)/C(=N/C(=O)CCl)OC. The van der Waals surface area contributed by atoms with Gasteiger partial charge in [0, 0.05) is 13.1 Å². The molecule has 0 radical (unpaired) electrons. The highest BCUT2D eigenvalue weighted by Gasteiger charge is 2.10. The maximum atomic E-state index is 11.0. The fourth-order valence-corrected chi connectivity index (χ4v) is 0.984. The summed E-state index contributed by atoms with van der Waals surface area (Å²) in [4.78, 5) is 16.4. The van der Waals surface area contributed by atoms with Gasteiger partial charge in [-0.2, -0.15) is 4.99 Å². The highest BCUT2D eigenvalue weighted by Crippen LogP contribution is 1.96. The van der Waals surface area contributed by atoms with Gasteiger partial charge < -0.3 is 9.64 Å². The van der Waals surface area contributed by atoms with E-state index < -0.39 is 5.91 Å². The number of nitrogens with zero attached hydrogens (tertiary/aromatic N) is 2. The van der Waals surface area contributed by atoms with E-state index in [1.165, 1.54) is 7.11 Å². The second-order valence-corrected chi connectivity index (χ2v) is 2.88. The van der Waals surface area contributed by atoms with Crippen LogP contribution in [0.25, 0.3) is 0 Å². The summed E-state index contributed by atoms with van der Waals surface area (Å²) in [5, 5.41) is 0. The Hall–Kier alpha value is -1.29. The van der Waals surface area contributed by atoms with E-state index in [-0.39, 0.29) is 11.9 Å². The first-order valence-corrected chi connectivity index (χ1v) is 4.91. The maximum Gasteiger partial charge on any atom is 0.295 e. The molecule has 1 amide bonds. The number of carbonyl (C=O) groups is 1. The van der Waals surface area contributed by atoms with Gasteiger partial charge in [-0.15, -0.1) is 24.8 Å². The number of hydrogen-bond donors (Lipinski definition) is 0. The zero-order valence-corrected chi connectivity index (χ0v) is 9.54. The Morgan fingerprint density at radius 3 is 2.33 bits per heavy atom. The Balaban J connectivity index is 4.70. The van der Waals surface area contributed by atoms with Crippen LogP contribution in [0.15, 0.2) is 30.3 Å². The zero-order valence-electron chi connectivity index (χ0n) is 8.78. The third kappa shape index (κ3) is 5.22. The Bertz CT molecular complexity index is 254. The molecule has 0 saturated carbocycles. The number of aliphatic imine (C=N–C) groups is 1. The smallest absolute Gasteiger partial charge is 0.295 e. The van der Waals surface area contributed by atoms with Gasteiger partial charge in [0.15, 0.2) is 0 Å². The highest BCUT2D eigenvalue weighted by molar-refractivity contribution is 6.28. The van der Waals surface area contributed by atoms with E-state index in [9.17, 15) is 4.79 Å². The first-order valence-electron chi connectivity index (χ1n) is 4.37. The maximum absolute atomic E-state index is 11.0. The molecule has 5 heteroatoms. The summed E-state index contributed by atoms with van der Waals surface area (Å²) in [6.07, 6.45) is 3.37. The average molecular weight is 231 g/mol. The Kier molecular flexibility index (Phi) is 7.36. The number of carbonyl (C=O) groups excluding carboxylic acids is 1. The lowest BCUT2D eigenvalue weighted by molar-refractivity contribution is -0.115. The topological polar surface area (TPSA) is 41.9 Å². The Morgan fingerprint density at radius 1 is 1.47 bits per heavy atom. The van der Waals surface area contributed by atoms with Crippen LogP contribution < -0.4 is 0 Å². The lowest BCUT2D eigenvalue weighted by atomic mass is 10.5. The molecule has 0 rings (SSSR count). The summed E-state index contributed by atoms with van der Waals surface area (Å²) in [6, 6.07) is 0.223. The van der Waals surface area contributed by atoms with Crippen molar-refractivity contribution in [2.45, 2.75) is 0 Å². The van der Waals surface area contributed by atoms with Crippen LogP contribution in [0.5, 0.6) is 0 Å². The van der Waals surface area contributed by atoms with E-state index in [1.807, 2.05) is 0 Å². The van der Waals surface area contributed by atoms with Crippen LogP contribution >= 0.6 is 11.6 Å². The van der Waals surface area contributed by atoms with Crippen LogP contribution in [0.1, 0.15) is 0 Å². The Labute approximate surface area is 94.9 Å². The number of methoxy groups -OCH3 is 1. The minimum absolute atomic E-state index is 0.164. The van der Waals surface area contributed by atoms with Crippen molar-refractivity contribution in [2.75, 3.05) is 26.1 Å². The summed E-state index contributed by atoms with van der Waals surface area (Å²) in [7, 11) is 1.44. The molecule has 4 nitrogen and oxygen atoms in total. The molecule has 0 fully saturated rings. The predicted molar refractivity (Wildman–Crippen MR) is 62.1 cm³/mol. The minimum Gasteiger partial charge on any atom is -0.468 e. The minimum atomic E-state index is -0.438. The number of hydrogen-bond acceptors (Lipinski definition) is 2. The second kappa shape index (κ2) is 8.05. The molecule has 0 aromatic heterocycles. The predicted octanol–water partition coefficient (Wildman–Crippen LogP) is 1.43. The largest absolute Gasteiger partial charge is 0.468 e. The first-order chi connectivity index (χ1) is 7.19. The molecule has 0 spiro atoms. The fraction of sp³-hybridized carbons (Fsp3) is 0.400. The van der Waals surface area contributed by atoms with E-state index in [0.29, 0.717) is 13.1 Å². The van der Waals surface area contributed by atoms with E-state index in [1.54, 1.807) is 17.1 Å². The number of ether oxygens (including phenoxy) is 1. The number of amidine groups is 1. The lowest BCUT2D eigenvalue weighted by Gasteiger charge is -2.20. The first kappa shape index (κ1) is 13.7. The lowest BCUT2D eigenvalue weighted by Crippen LogP contribution is -2.33. The van der Waals surface area contributed by atoms with Gasteiger partial charge in [0.1, 0.15) is 5.88 Å². The van der Waals surface area contributed by atoms with Gasteiger partial charge in [-0.25, -0.2) is 0 Å². The van der Waals surface area contributed by atoms with Crippen molar-refractivity contribution in [1.29, 1.82) is 0 Å². The molecule has 0 unspecified atom stereocenters. The number of amides is 1. The molecule has 0 bridgehead atoms. The average Bonchev–Trinajstić information content (AvgIpc) is 2.25. The number of rotatable bonds is 5. The van der Waals surface area contributed by atoms with Gasteiger partial charge in [0.2, 0.25) is 0 Å². The third-order valence-electron chi connectivity index (χ3n) is 1.49. The molecule has 84 valence electrons. The molecule has 0 aliphatic heterocycles. The third-order valence-corrected chi connectivity index (χ3v) is 1.72. The molecule has 0 aromatic rings. The molecular weight excluding hydrogens is 216 g/mol. The van der Waals surface area contributed by atoms with Crippen LogP contribution in [0, 0.1) is 0 Å². The second-order valence-electron chi connectivity index (χ2n) is 2.61. The van der Waals surface area contributed by atoms with Crippen LogP contribution in [-0.4, -0.2) is 42.9 Å². The molecule has 0 aromatic carbocycles. The highest BCUT2D eigenvalue weighted by atomic mass is 35.5. The van der Waals surface area contributed by atoms with Crippen LogP contribution in [0.3, 0.4) is 0 Å². The normalized spacial score (nSPS) is 10.7. The number of alkyl halides is 1. The summed E-state index contributed by atoms with van der Waals surface area (Å²) < 4.78 is 4.99. The molecule has 0 heterocycles. The standard InChI is InChI=1S/C10H15ClN2O2/c1-4-6-13(7-5-2)10(15-3)12-9(14)8-11/h4-5H,1-2,6-8H2,3H3/b12-10-. The van der Waals surface area contributed by atoms with E-state index >= 15 is 0 Å². The molecule has 0 N–H and O–H groups in total. The molecule has 0 aliphatic carbocycles. The van der Waals surface area contributed by atoms with Crippen molar-refractivity contribution in [2.24, 2.45) is 4.99 Å². The van der Waals surface area contributed by atoms with Crippen molar-refractivity contribution in [3.63, 3.8) is 0 Å². The monoisotopic (exact) mass is 230 g/mol. The quantitative estimate of drug-likeness (QED) is 0.311. The van der Waals surface area contributed by atoms with Gasteiger partial charge in [-0.3, -0.25) is 4.79 Å². The molecule has 0 atom stereocenters. The zero-order chi connectivity index (χ0) is 11.7. The van der Waals surface area contributed by atoms with Crippen molar-refractivity contribution in [3.05, 3.63) is 25.3 Å². The summed E-state index contributed by atoms with van der Waals surface area (Å²) in [5.74, 6) is -0.602. The molecule has 15 heavy (non-hydrogen) atoms. The fourth-order valence-electron chi connectivity index (χ4n) is 0.924. The summed E-state index contributed by atoms with van der Waals surface area (Å²) in [6.45, 7) is 8.25. The summed E-state index contributed by atoms with van der Waals surface area (Å²) in [5.41, 5.74) is 0.